The molecule has 0 N–H and O–H groups in total. The van der Waals surface area contributed by atoms with Crippen molar-refractivity contribution in [3.05, 3.63) is 87.0 Å². The van der Waals surface area contributed by atoms with Crippen LogP contribution in [0, 0.1) is 13.8 Å². The summed E-state index contributed by atoms with van der Waals surface area (Å²) in [7, 11) is 0. The summed E-state index contributed by atoms with van der Waals surface area (Å²) in [5.41, 5.74) is 4.15. The maximum absolute atomic E-state index is 13.0. The molecule has 2 heterocycles. The second-order valence-corrected chi connectivity index (χ2v) is 10.0. The number of amides is 1. The number of furan rings is 1. The second-order valence-electron chi connectivity index (χ2n) is 6.93. The number of halogens is 1. The lowest BCUT2D eigenvalue weighted by atomic mass is 10.1. The Hall–Kier alpha value is -1.99. The average Bonchev–Trinajstić information content (AvgIpc) is 3.24. The van der Waals surface area contributed by atoms with Crippen LogP contribution >= 0.6 is 47.3 Å². The molecule has 1 aliphatic rings. The van der Waals surface area contributed by atoms with E-state index in [4.69, 9.17) is 28.2 Å². The number of hydrogen-bond donors (Lipinski definition) is 0. The molecule has 4 rings (SSSR count). The van der Waals surface area contributed by atoms with Gasteiger partial charge in [0.2, 0.25) is 0 Å². The van der Waals surface area contributed by atoms with E-state index in [-0.39, 0.29) is 5.91 Å². The van der Waals surface area contributed by atoms with Crippen LogP contribution in [-0.2, 0) is 10.5 Å². The topological polar surface area (TPSA) is 33.5 Å². The first-order chi connectivity index (χ1) is 14.4. The quantitative estimate of drug-likeness (QED) is 0.222. The van der Waals surface area contributed by atoms with Crippen LogP contribution in [0.5, 0.6) is 0 Å². The molecule has 7 heteroatoms. The number of hydrogen-bond acceptors (Lipinski definition) is 5. The molecule has 1 saturated heterocycles. The minimum absolute atomic E-state index is 0.123. The Bertz CT molecular complexity index is 1130. The van der Waals surface area contributed by atoms with Gasteiger partial charge in [0.1, 0.15) is 5.76 Å². The Morgan fingerprint density at radius 1 is 1.10 bits per heavy atom. The molecule has 1 fully saturated rings. The molecule has 0 unspecified atom stereocenters. The maximum atomic E-state index is 13.0. The summed E-state index contributed by atoms with van der Waals surface area (Å²) in [5, 5.41) is 1.52. The zero-order valence-corrected chi connectivity index (χ0v) is 19.6. The number of carbonyl (C=O) groups excluding carboxylic acids is 1. The summed E-state index contributed by atoms with van der Waals surface area (Å²) >= 11 is 14.3. The first-order valence-corrected chi connectivity index (χ1v) is 11.8. The molecule has 1 amide bonds. The largest absolute Gasteiger partial charge is 0.450 e. The van der Waals surface area contributed by atoms with Crippen molar-refractivity contribution in [3.63, 3.8) is 0 Å². The fraction of sp³-hybridized carbons (Fsp3) is 0.130. The van der Waals surface area contributed by atoms with Gasteiger partial charge in [0.05, 0.1) is 10.6 Å². The molecule has 152 valence electrons. The van der Waals surface area contributed by atoms with Gasteiger partial charge in [0.25, 0.3) is 5.91 Å². The van der Waals surface area contributed by atoms with Crippen LogP contribution in [0.15, 0.2) is 69.0 Å². The Morgan fingerprint density at radius 3 is 2.50 bits per heavy atom. The number of aryl methyl sites for hydroxylation is 2. The van der Waals surface area contributed by atoms with Crippen molar-refractivity contribution in [2.24, 2.45) is 0 Å². The minimum Gasteiger partial charge on any atom is -0.450 e. The van der Waals surface area contributed by atoms with E-state index in [2.05, 4.69) is 6.07 Å². The third-order valence-electron chi connectivity index (χ3n) is 4.43. The predicted molar refractivity (Wildman–Crippen MR) is 131 cm³/mol. The van der Waals surface area contributed by atoms with Crippen LogP contribution in [0.1, 0.15) is 22.5 Å². The van der Waals surface area contributed by atoms with Gasteiger partial charge in [-0.3, -0.25) is 9.69 Å². The third kappa shape index (κ3) is 4.83. The van der Waals surface area contributed by atoms with Crippen LogP contribution in [0.3, 0.4) is 0 Å². The fourth-order valence-corrected chi connectivity index (χ4v) is 5.35. The lowest BCUT2D eigenvalue weighted by molar-refractivity contribution is -0.113. The highest BCUT2D eigenvalue weighted by Crippen LogP contribution is 2.37. The summed E-state index contributed by atoms with van der Waals surface area (Å²) in [6.07, 6.45) is 1.76. The Balaban J connectivity index is 1.48. The van der Waals surface area contributed by atoms with Crippen molar-refractivity contribution in [1.82, 2.24) is 0 Å². The van der Waals surface area contributed by atoms with E-state index in [1.165, 1.54) is 11.8 Å². The number of benzene rings is 2. The van der Waals surface area contributed by atoms with Gasteiger partial charge in [0.15, 0.2) is 9.41 Å². The van der Waals surface area contributed by atoms with Gasteiger partial charge in [-0.05, 0) is 66.9 Å². The summed E-state index contributed by atoms with van der Waals surface area (Å²) < 4.78 is 6.41. The monoisotopic (exact) mass is 471 g/mol. The molecule has 2 aromatic carbocycles. The standard InChI is InChI=1S/C23H18ClNO2S3/c1-14-9-15(2)11-18(10-14)25-22(26)20(30-23(25)28)12-19-7-8-21(27-19)29-13-16-3-5-17(24)6-4-16/h3-12H,13H2,1-2H3/b20-12-. The van der Waals surface area contributed by atoms with Crippen molar-refractivity contribution < 1.29 is 9.21 Å². The van der Waals surface area contributed by atoms with E-state index in [1.807, 2.05) is 62.4 Å². The van der Waals surface area contributed by atoms with Gasteiger partial charge in [-0.1, -0.05) is 65.5 Å². The highest BCUT2D eigenvalue weighted by molar-refractivity contribution is 8.27. The van der Waals surface area contributed by atoms with Crippen LogP contribution in [-0.4, -0.2) is 10.2 Å². The van der Waals surface area contributed by atoms with E-state index >= 15 is 0 Å². The number of rotatable bonds is 5. The van der Waals surface area contributed by atoms with E-state index in [0.717, 1.165) is 38.2 Å². The van der Waals surface area contributed by atoms with Crippen molar-refractivity contribution in [3.8, 4) is 0 Å². The van der Waals surface area contributed by atoms with Crippen molar-refractivity contribution in [2.75, 3.05) is 4.90 Å². The zero-order valence-electron chi connectivity index (χ0n) is 16.3. The van der Waals surface area contributed by atoms with Gasteiger partial charge >= 0.3 is 0 Å². The van der Waals surface area contributed by atoms with E-state index < -0.39 is 0 Å². The first-order valence-electron chi connectivity index (χ1n) is 9.22. The van der Waals surface area contributed by atoms with Crippen molar-refractivity contribution >= 4 is 69.3 Å². The molecule has 0 saturated carbocycles. The molecule has 0 bridgehead atoms. The van der Waals surface area contributed by atoms with Gasteiger partial charge < -0.3 is 4.42 Å². The molecule has 1 aliphatic heterocycles. The van der Waals surface area contributed by atoms with Crippen LogP contribution in [0.4, 0.5) is 5.69 Å². The molecule has 0 aliphatic carbocycles. The lowest BCUT2D eigenvalue weighted by Crippen LogP contribution is -2.27. The van der Waals surface area contributed by atoms with Crippen molar-refractivity contribution in [1.29, 1.82) is 0 Å². The van der Waals surface area contributed by atoms with E-state index in [0.29, 0.717) is 15.0 Å². The SMILES string of the molecule is Cc1cc(C)cc(N2C(=O)/C(=C/c3ccc(SCc4ccc(Cl)cc4)o3)SC2=S)c1. The van der Waals surface area contributed by atoms with E-state index in [1.54, 1.807) is 22.7 Å². The number of carbonyl (C=O) groups is 1. The second kappa shape index (κ2) is 9.02. The van der Waals surface area contributed by atoms with Crippen LogP contribution in [0.2, 0.25) is 5.02 Å². The summed E-state index contributed by atoms with van der Waals surface area (Å²) in [5.74, 6) is 1.29. The fourth-order valence-electron chi connectivity index (χ4n) is 3.12. The minimum atomic E-state index is -0.123. The molecule has 3 nitrogen and oxygen atoms in total. The Kier molecular flexibility index (Phi) is 6.39. The average molecular weight is 472 g/mol. The van der Waals surface area contributed by atoms with Gasteiger partial charge in [0, 0.05) is 16.9 Å². The lowest BCUT2D eigenvalue weighted by Gasteiger charge is -2.16. The van der Waals surface area contributed by atoms with Crippen LogP contribution < -0.4 is 4.90 Å². The predicted octanol–water partition coefficient (Wildman–Crippen LogP) is 7.25. The highest BCUT2D eigenvalue weighted by atomic mass is 35.5. The Morgan fingerprint density at radius 2 is 1.80 bits per heavy atom. The number of anilines is 1. The summed E-state index contributed by atoms with van der Waals surface area (Å²) in [6.45, 7) is 4.02. The van der Waals surface area contributed by atoms with Gasteiger partial charge in [-0.2, -0.15) is 0 Å². The molecule has 1 aromatic heterocycles. The number of nitrogens with zero attached hydrogens (tertiary/aromatic N) is 1. The number of thiocarbonyl (C=S) groups is 1. The smallest absolute Gasteiger partial charge is 0.270 e. The molecule has 30 heavy (non-hydrogen) atoms. The first kappa shape index (κ1) is 21.2. The van der Waals surface area contributed by atoms with Gasteiger partial charge in [-0.15, -0.1) is 0 Å². The molecular formula is C23H18ClNO2S3. The molecule has 0 radical (unpaired) electrons. The number of thioether (sulfide) groups is 2. The molecule has 3 aromatic rings. The summed E-state index contributed by atoms with van der Waals surface area (Å²) in [4.78, 5) is 15.1. The highest BCUT2D eigenvalue weighted by Gasteiger charge is 2.33. The maximum Gasteiger partial charge on any atom is 0.270 e. The molecule has 0 atom stereocenters. The van der Waals surface area contributed by atoms with Crippen molar-refractivity contribution in [2.45, 2.75) is 24.7 Å². The Labute approximate surface area is 194 Å². The third-order valence-corrected chi connectivity index (χ3v) is 6.96. The molecular weight excluding hydrogens is 454 g/mol. The molecule has 0 spiro atoms. The van der Waals surface area contributed by atoms with Crippen LogP contribution in [0.25, 0.3) is 6.08 Å². The van der Waals surface area contributed by atoms with E-state index in [9.17, 15) is 4.79 Å². The zero-order chi connectivity index (χ0) is 21.3. The summed E-state index contributed by atoms with van der Waals surface area (Å²) in [6, 6.07) is 17.5. The normalized spacial score (nSPS) is 15.4. The van der Waals surface area contributed by atoms with Gasteiger partial charge in [-0.25, -0.2) is 0 Å².